The molecule has 166 valence electrons. The lowest BCUT2D eigenvalue weighted by Gasteiger charge is -2.39. The number of halogens is 1. The molecule has 29 heavy (non-hydrogen) atoms. The number of anilines is 1. The first-order chi connectivity index (χ1) is 13.5. The SMILES string of the molecule is CCNC(=NCC(C)(C)N1CCOCC1)NCCCCN(C)c1ccccc1.I. The second-order valence-corrected chi connectivity index (χ2v) is 8.00. The Hall–Kier alpha value is -1.06. The fourth-order valence-corrected chi connectivity index (χ4v) is 3.38. The van der Waals surface area contributed by atoms with Gasteiger partial charge in [-0.1, -0.05) is 18.2 Å². The number of unbranched alkanes of at least 4 members (excludes halogenated alkanes) is 1. The molecule has 0 atom stereocenters. The van der Waals surface area contributed by atoms with E-state index in [0.717, 1.165) is 71.3 Å². The van der Waals surface area contributed by atoms with Crippen molar-refractivity contribution in [3.05, 3.63) is 30.3 Å². The predicted octanol–water partition coefficient (Wildman–Crippen LogP) is 3.19. The first-order valence-corrected chi connectivity index (χ1v) is 10.6. The number of hydrogen-bond donors (Lipinski definition) is 2. The molecule has 0 spiro atoms. The van der Waals surface area contributed by atoms with Gasteiger partial charge in [-0.05, 0) is 45.7 Å². The molecule has 0 saturated carbocycles. The average molecular weight is 518 g/mol. The Labute approximate surface area is 194 Å². The minimum atomic E-state index is 0. The summed E-state index contributed by atoms with van der Waals surface area (Å²) in [6, 6.07) is 10.5. The lowest BCUT2D eigenvalue weighted by atomic mass is 10.0. The molecule has 1 aliphatic heterocycles. The number of nitrogens with zero attached hydrogens (tertiary/aromatic N) is 3. The van der Waals surface area contributed by atoms with Crippen molar-refractivity contribution in [1.82, 2.24) is 15.5 Å². The van der Waals surface area contributed by atoms with E-state index >= 15 is 0 Å². The standard InChI is InChI=1S/C22H39N5O.HI/c1-5-23-21(25-19-22(2,3)27-15-17-28-18-16-27)24-13-9-10-14-26(4)20-11-7-6-8-12-20;/h6-8,11-12H,5,9-10,13-19H2,1-4H3,(H2,23,24,25);1H. The van der Waals surface area contributed by atoms with Crippen molar-refractivity contribution in [2.45, 2.75) is 39.2 Å². The van der Waals surface area contributed by atoms with Crippen LogP contribution in [-0.2, 0) is 4.74 Å². The third-order valence-electron chi connectivity index (χ3n) is 5.25. The van der Waals surface area contributed by atoms with Gasteiger partial charge in [-0.15, -0.1) is 24.0 Å². The summed E-state index contributed by atoms with van der Waals surface area (Å²) in [6.07, 6.45) is 2.27. The summed E-state index contributed by atoms with van der Waals surface area (Å²) in [6.45, 7) is 13.9. The zero-order chi connectivity index (χ0) is 20.2. The largest absolute Gasteiger partial charge is 0.379 e. The second kappa shape index (κ2) is 14.0. The Balaban J connectivity index is 0.00000420. The van der Waals surface area contributed by atoms with Crippen LogP contribution in [-0.4, -0.2) is 75.9 Å². The summed E-state index contributed by atoms with van der Waals surface area (Å²) in [5.74, 6) is 0.917. The molecule has 0 aromatic heterocycles. The lowest BCUT2D eigenvalue weighted by molar-refractivity contribution is -0.00683. The molecule has 1 fully saturated rings. The van der Waals surface area contributed by atoms with Gasteiger partial charge in [0, 0.05) is 51.0 Å². The molecule has 6 nitrogen and oxygen atoms in total. The van der Waals surface area contributed by atoms with E-state index in [4.69, 9.17) is 9.73 Å². The van der Waals surface area contributed by atoms with Crippen LogP contribution in [0.1, 0.15) is 33.6 Å². The number of rotatable bonds is 10. The quantitative estimate of drug-likeness (QED) is 0.216. The highest BCUT2D eigenvalue weighted by Gasteiger charge is 2.28. The van der Waals surface area contributed by atoms with Gasteiger partial charge in [0.1, 0.15) is 0 Å². The average Bonchev–Trinajstić information content (AvgIpc) is 2.73. The normalized spacial score (nSPS) is 15.5. The summed E-state index contributed by atoms with van der Waals surface area (Å²) in [5.41, 5.74) is 1.32. The molecule has 7 heteroatoms. The van der Waals surface area contributed by atoms with Crippen LogP contribution in [0.25, 0.3) is 0 Å². The summed E-state index contributed by atoms with van der Waals surface area (Å²) in [4.78, 5) is 9.63. The van der Waals surface area contributed by atoms with E-state index in [2.05, 4.69) is 78.6 Å². The van der Waals surface area contributed by atoms with Crippen LogP contribution in [0, 0.1) is 0 Å². The van der Waals surface area contributed by atoms with Gasteiger partial charge in [-0.25, -0.2) is 0 Å². The number of hydrogen-bond acceptors (Lipinski definition) is 4. The molecule has 1 heterocycles. The number of morpholine rings is 1. The molecule has 1 aliphatic rings. The third-order valence-corrected chi connectivity index (χ3v) is 5.25. The number of benzene rings is 1. The van der Waals surface area contributed by atoms with Crippen LogP contribution in [0.2, 0.25) is 0 Å². The first-order valence-electron chi connectivity index (χ1n) is 10.6. The van der Waals surface area contributed by atoms with E-state index in [9.17, 15) is 0 Å². The van der Waals surface area contributed by atoms with E-state index in [-0.39, 0.29) is 29.5 Å². The molecule has 0 unspecified atom stereocenters. The van der Waals surface area contributed by atoms with Gasteiger partial charge in [0.2, 0.25) is 0 Å². The van der Waals surface area contributed by atoms with Crippen LogP contribution in [0.5, 0.6) is 0 Å². The fourth-order valence-electron chi connectivity index (χ4n) is 3.38. The topological polar surface area (TPSA) is 52.1 Å². The van der Waals surface area contributed by atoms with Gasteiger partial charge in [0.15, 0.2) is 5.96 Å². The molecule has 0 amide bonds. The van der Waals surface area contributed by atoms with Crippen molar-refractivity contribution in [2.75, 3.05) is 64.4 Å². The number of aliphatic imine (C=N–C) groups is 1. The van der Waals surface area contributed by atoms with Crippen molar-refractivity contribution >= 4 is 35.6 Å². The van der Waals surface area contributed by atoms with Crippen molar-refractivity contribution in [3.8, 4) is 0 Å². The highest BCUT2D eigenvalue weighted by atomic mass is 127. The maximum atomic E-state index is 5.47. The van der Waals surface area contributed by atoms with Gasteiger partial charge in [0.05, 0.1) is 19.8 Å². The van der Waals surface area contributed by atoms with Gasteiger partial charge < -0.3 is 20.3 Å². The molecule has 0 bridgehead atoms. The number of ether oxygens (including phenoxy) is 1. The fraction of sp³-hybridized carbons (Fsp3) is 0.682. The molecular formula is C22H40IN5O. The molecule has 2 N–H and O–H groups in total. The van der Waals surface area contributed by atoms with Gasteiger partial charge in [-0.2, -0.15) is 0 Å². The van der Waals surface area contributed by atoms with E-state index in [0.29, 0.717) is 0 Å². The van der Waals surface area contributed by atoms with Crippen molar-refractivity contribution < 1.29 is 4.74 Å². The minimum absolute atomic E-state index is 0. The molecule has 1 saturated heterocycles. The molecule has 0 radical (unpaired) electrons. The number of guanidine groups is 1. The van der Waals surface area contributed by atoms with Crippen LogP contribution < -0.4 is 15.5 Å². The maximum Gasteiger partial charge on any atom is 0.191 e. The van der Waals surface area contributed by atoms with E-state index in [1.54, 1.807) is 0 Å². The zero-order valence-electron chi connectivity index (χ0n) is 18.6. The Morgan fingerprint density at radius 3 is 2.48 bits per heavy atom. The Kier molecular flexibility index (Phi) is 12.6. The summed E-state index contributed by atoms with van der Waals surface area (Å²) in [7, 11) is 2.15. The molecule has 2 rings (SSSR count). The molecular weight excluding hydrogens is 477 g/mol. The van der Waals surface area contributed by atoms with Gasteiger partial charge in [0.25, 0.3) is 0 Å². The van der Waals surface area contributed by atoms with Crippen LogP contribution >= 0.6 is 24.0 Å². The van der Waals surface area contributed by atoms with Crippen LogP contribution in [0.4, 0.5) is 5.69 Å². The molecule has 0 aliphatic carbocycles. The van der Waals surface area contributed by atoms with Crippen molar-refractivity contribution in [1.29, 1.82) is 0 Å². The van der Waals surface area contributed by atoms with E-state index < -0.39 is 0 Å². The van der Waals surface area contributed by atoms with Gasteiger partial charge in [-0.3, -0.25) is 9.89 Å². The zero-order valence-corrected chi connectivity index (χ0v) is 20.9. The lowest BCUT2D eigenvalue weighted by Crippen LogP contribution is -2.52. The highest BCUT2D eigenvalue weighted by Crippen LogP contribution is 2.16. The number of nitrogens with one attached hydrogen (secondary N) is 2. The Morgan fingerprint density at radius 2 is 1.83 bits per heavy atom. The monoisotopic (exact) mass is 517 g/mol. The molecule has 1 aromatic rings. The van der Waals surface area contributed by atoms with E-state index in [1.807, 2.05) is 0 Å². The second-order valence-electron chi connectivity index (χ2n) is 8.00. The summed E-state index contributed by atoms with van der Waals surface area (Å²) >= 11 is 0. The predicted molar refractivity (Wildman–Crippen MR) is 135 cm³/mol. The van der Waals surface area contributed by atoms with Crippen molar-refractivity contribution in [2.24, 2.45) is 4.99 Å². The van der Waals surface area contributed by atoms with E-state index in [1.165, 1.54) is 5.69 Å². The third kappa shape index (κ3) is 9.53. The summed E-state index contributed by atoms with van der Waals surface area (Å²) < 4.78 is 5.47. The maximum absolute atomic E-state index is 5.47. The van der Waals surface area contributed by atoms with Crippen LogP contribution in [0.3, 0.4) is 0 Å². The first kappa shape index (κ1) is 26.0. The van der Waals surface area contributed by atoms with Crippen molar-refractivity contribution in [3.63, 3.8) is 0 Å². The highest BCUT2D eigenvalue weighted by molar-refractivity contribution is 14.0. The minimum Gasteiger partial charge on any atom is -0.379 e. The summed E-state index contributed by atoms with van der Waals surface area (Å²) in [5, 5.41) is 6.86. The van der Waals surface area contributed by atoms with Crippen LogP contribution in [0.15, 0.2) is 35.3 Å². The smallest absolute Gasteiger partial charge is 0.191 e. The Bertz CT molecular complexity index is 576. The Morgan fingerprint density at radius 1 is 1.14 bits per heavy atom. The van der Waals surface area contributed by atoms with Gasteiger partial charge >= 0.3 is 0 Å². The molecule has 1 aromatic carbocycles. The number of para-hydroxylation sites is 1.